The Morgan fingerprint density at radius 1 is 1.15 bits per heavy atom. The molecule has 1 aromatic carbocycles. The summed E-state index contributed by atoms with van der Waals surface area (Å²) in [4.78, 5) is 19.1. The highest BCUT2D eigenvalue weighted by atomic mass is 35.5. The number of benzene rings is 1. The van der Waals surface area contributed by atoms with Crippen LogP contribution in [-0.2, 0) is 0 Å². The molecule has 2 aliphatic heterocycles. The molecular formula is C19H31Cl2FN4O. The number of anilines is 1. The number of likely N-dealkylation sites (N-methyl/N-ethyl adjacent to an activating group) is 1. The zero-order chi connectivity index (χ0) is 18.0. The van der Waals surface area contributed by atoms with Gasteiger partial charge in [0.1, 0.15) is 5.82 Å². The lowest BCUT2D eigenvalue weighted by Gasteiger charge is -2.39. The summed E-state index contributed by atoms with van der Waals surface area (Å²) in [5.74, 6) is -0.381. The Kier molecular flexibility index (Phi) is 9.28. The van der Waals surface area contributed by atoms with Crippen LogP contribution in [0.1, 0.15) is 31.1 Å². The Morgan fingerprint density at radius 2 is 1.81 bits per heavy atom. The lowest BCUT2D eigenvalue weighted by Crippen LogP contribution is -2.57. The lowest BCUT2D eigenvalue weighted by atomic mass is 10.0. The van der Waals surface area contributed by atoms with Crippen molar-refractivity contribution in [3.63, 3.8) is 0 Å². The van der Waals surface area contributed by atoms with E-state index < -0.39 is 0 Å². The number of nitrogens with zero attached hydrogens (tertiary/aromatic N) is 3. The maximum atomic E-state index is 14.7. The van der Waals surface area contributed by atoms with Gasteiger partial charge in [-0.25, -0.2) is 4.39 Å². The first kappa shape index (κ1) is 24.0. The number of carbonyl (C=O) groups is 1. The summed E-state index contributed by atoms with van der Waals surface area (Å²) < 4.78 is 14.7. The highest BCUT2D eigenvalue weighted by Crippen LogP contribution is 2.23. The molecule has 2 atom stereocenters. The van der Waals surface area contributed by atoms with Crippen molar-refractivity contribution in [1.82, 2.24) is 15.1 Å². The molecule has 0 radical (unpaired) electrons. The summed E-state index contributed by atoms with van der Waals surface area (Å²) in [6.45, 7) is 12.3. The molecule has 2 unspecified atom stereocenters. The fourth-order valence-electron chi connectivity index (χ4n) is 3.71. The second-order valence-electron chi connectivity index (χ2n) is 7.07. The van der Waals surface area contributed by atoms with Gasteiger partial charge in [-0.2, -0.15) is 0 Å². The third-order valence-electron chi connectivity index (χ3n) is 5.65. The molecule has 2 heterocycles. The minimum atomic E-state index is -0.299. The average molecular weight is 421 g/mol. The Labute approximate surface area is 174 Å². The van der Waals surface area contributed by atoms with Gasteiger partial charge in [0.25, 0.3) is 5.91 Å². The molecule has 1 N–H and O–H groups in total. The molecule has 27 heavy (non-hydrogen) atoms. The Bertz CT molecular complexity index is 626. The fraction of sp³-hybridized carbons (Fsp3) is 0.632. The fourth-order valence-corrected chi connectivity index (χ4v) is 3.71. The molecule has 154 valence electrons. The van der Waals surface area contributed by atoms with Gasteiger partial charge in [-0.05, 0) is 38.6 Å². The van der Waals surface area contributed by atoms with Crippen molar-refractivity contribution in [2.24, 2.45) is 0 Å². The summed E-state index contributed by atoms with van der Waals surface area (Å²) in [5, 5.41) is 3.36. The highest BCUT2D eigenvalue weighted by Gasteiger charge is 2.29. The van der Waals surface area contributed by atoms with E-state index in [1.165, 1.54) is 6.07 Å². The van der Waals surface area contributed by atoms with Crippen molar-refractivity contribution in [3.05, 3.63) is 29.6 Å². The molecule has 8 heteroatoms. The highest BCUT2D eigenvalue weighted by molar-refractivity contribution is 5.95. The maximum Gasteiger partial charge on any atom is 0.254 e. The molecule has 3 rings (SSSR count). The zero-order valence-electron chi connectivity index (χ0n) is 16.3. The van der Waals surface area contributed by atoms with Gasteiger partial charge >= 0.3 is 0 Å². The Hall–Kier alpha value is -1.08. The number of carbonyl (C=O) groups excluding carboxylic acids is 1. The van der Waals surface area contributed by atoms with E-state index in [1.54, 1.807) is 12.1 Å². The summed E-state index contributed by atoms with van der Waals surface area (Å²) in [6.07, 6.45) is 0. The van der Waals surface area contributed by atoms with E-state index in [0.717, 1.165) is 39.3 Å². The van der Waals surface area contributed by atoms with Crippen LogP contribution in [0.15, 0.2) is 18.2 Å². The van der Waals surface area contributed by atoms with Crippen LogP contribution in [0, 0.1) is 5.82 Å². The monoisotopic (exact) mass is 420 g/mol. The molecule has 1 amide bonds. The predicted octanol–water partition coefficient (Wildman–Crippen LogP) is 2.63. The minimum Gasteiger partial charge on any atom is -0.367 e. The second kappa shape index (κ2) is 10.5. The molecular weight excluding hydrogens is 390 g/mol. The van der Waals surface area contributed by atoms with Gasteiger partial charge in [-0.1, -0.05) is 6.92 Å². The predicted molar refractivity (Wildman–Crippen MR) is 113 cm³/mol. The zero-order valence-corrected chi connectivity index (χ0v) is 17.9. The van der Waals surface area contributed by atoms with Crippen molar-refractivity contribution >= 4 is 36.4 Å². The van der Waals surface area contributed by atoms with Crippen molar-refractivity contribution < 1.29 is 9.18 Å². The van der Waals surface area contributed by atoms with E-state index >= 15 is 0 Å². The van der Waals surface area contributed by atoms with Gasteiger partial charge < -0.3 is 20.0 Å². The number of hydrogen-bond acceptors (Lipinski definition) is 4. The minimum absolute atomic E-state index is 0. The Balaban J connectivity index is 0.00000182. The molecule has 0 aliphatic carbocycles. The van der Waals surface area contributed by atoms with E-state index in [9.17, 15) is 9.18 Å². The van der Waals surface area contributed by atoms with E-state index in [-0.39, 0.29) is 48.6 Å². The van der Waals surface area contributed by atoms with Gasteiger partial charge in [-0.15, -0.1) is 24.8 Å². The van der Waals surface area contributed by atoms with Crippen LogP contribution in [0.5, 0.6) is 0 Å². The standard InChI is InChI=1S/C19H29FN4O.2ClH/c1-4-22-9-11-23(12-10-22)18-6-5-16(13-17(18)20)19(25)24-8-7-21-14(2)15(24)3;;/h5-6,13-15,21H,4,7-12H2,1-3H3;2*1H. The van der Waals surface area contributed by atoms with Gasteiger partial charge in [0, 0.05) is 56.9 Å². The van der Waals surface area contributed by atoms with Crippen molar-refractivity contribution in [1.29, 1.82) is 0 Å². The summed E-state index contributed by atoms with van der Waals surface area (Å²) in [7, 11) is 0. The van der Waals surface area contributed by atoms with Crippen molar-refractivity contribution in [2.75, 3.05) is 50.7 Å². The molecule has 0 aromatic heterocycles. The normalized spacial score (nSPS) is 23.4. The number of nitrogens with one attached hydrogen (secondary N) is 1. The van der Waals surface area contributed by atoms with Gasteiger partial charge in [-0.3, -0.25) is 4.79 Å². The Morgan fingerprint density at radius 3 is 2.41 bits per heavy atom. The van der Waals surface area contributed by atoms with E-state index in [1.807, 2.05) is 11.8 Å². The van der Waals surface area contributed by atoms with Gasteiger partial charge in [0.15, 0.2) is 0 Å². The average Bonchev–Trinajstić information content (AvgIpc) is 2.63. The van der Waals surface area contributed by atoms with Gasteiger partial charge in [0.05, 0.1) is 5.69 Å². The first-order valence-corrected chi connectivity index (χ1v) is 9.32. The lowest BCUT2D eigenvalue weighted by molar-refractivity contribution is 0.0602. The smallest absolute Gasteiger partial charge is 0.254 e. The molecule has 2 saturated heterocycles. The summed E-state index contributed by atoms with van der Waals surface area (Å²) >= 11 is 0. The van der Waals surface area contributed by atoms with Crippen molar-refractivity contribution in [2.45, 2.75) is 32.9 Å². The van der Waals surface area contributed by atoms with Crippen LogP contribution in [0.4, 0.5) is 10.1 Å². The topological polar surface area (TPSA) is 38.8 Å². The molecule has 0 saturated carbocycles. The number of amides is 1. The number of rotatable bonds is 3. The SMILES string of the molecule is CCN1CCN(c2ccc(C(=O)N3CCNC(C)C3C)cc2F)CC1.Cl.Cl. The molecule has 0 spiro atoms. The van der Waals surface area contributed by atoms with Crippen molar-refractivity contribution in [3.8, 4) is 0 Å². The first-order valence-electron chi connectivity index (χ1n) is 9.32. The van der Waals surface area contributed by atoms with E-state index in [0.29, 0.717) is 17.8 Å². The molecule has 2 fully saturated rings. The second-order valence-corrected chi connectivity index (χ2v) is 7.07. The van der Waals surface area contributed by atoms with E-state index in [2.05, 4.69) is 29.0 Å². The molecule has 0 bridgehead atoms. The quantitative estimate of drug-likeness (QED) is 0.815. The van der Waals surface area contributed by atoms with Crippen LogP contribution in [-0.4, -0.2) is 73.6 Å². The maximum absolute atomic E-state index is 14.7. The summed E-state index contributed by atoms with van der Waals surface area (Å²) in [6, 6.07) is 5.29. The van der Waals surface area contributed by atoms with Crippen LogP contribution < -0.4 is 10.2 Å². The number of piperazine rings is 2. The molecule has 5 nitrogen and oxygen atoms in total. The van der Waals surface area contributed by atoms with Crippen LogP contribution in [0.25, 0.3) is 0 Å². The van der Waals surface area contributed by atoms with Crippen LogP contribution >= 0.6 is 24.8 Å². The third kappa shape index (κ3) is 5.25. The van der Waals surface area contributed by atoms with Crippen LogP contribution in [0.2, 0.25) is 0 Å². The first-order chi connectivity index (χ1) is 12.0. The third-order valence-corrected chi connectivity index (χ3v) is 5.65. The molecule has 2 aliphatic rings. The largest absolute Gasteiger partial charge is 0.367 e. The van der Waals surface area contributed by atoms with E-state index in [4.69, 9.17) is 0 Å². The summed E-state index contributed by atoms with van der Waals surface area (Å²) in [5.41, 5.74) is 1.04. The number of halogens is 3. The molecule has 1 aromatic rings. The van der Waals surface area contributed by atoms with Gasteiger partial charge in [0.2, 0.25) is 0 Å². The van der Waals surface area contributed by atoms with Crippen LogP contribution in [0.3, 0.4) is 0 Å². The number of hydrogen-bond donors (Lipinski definition) is 1.